The van der Waals surface area contributed by atoms with Gasteiger partial charge in [-0.25, -0.2) is 14.5 Å². The number of imide groups is 1. The number of benzene rings is 2. The molecule has 1 aliphatic heterocycles. The van der Waals surface area contributed by atoms with E-state index >= 15 is 0 Å². The van der Waals surface area contributed by atoms with Crippen molar-refractivity contribution in [3.8, 4) is 11.5 Å². The molecule has 1 fully saturated rings. The number of hydrogen-bond acceptors (Lipinski definition) is 7. The Morgan fingerprint density at radius 1 is 1.11 bits per heavy atom. The van der Waals surface area contributed by atoms with Gasteiger partial charge >= 0.3 is 12.0 Å². The van der Waals surface area contributed by atoms with Crippen molar-refractivity contribution in [2.24, 2.45) is 0 Å². The van der Waals surface area contributed by atoms with Crippen LogP contribution in [0.3, 0.4) is 0 Å². The Morgan fingerprint density at radius 2 is 1.89 bits per heavy atom. The number of ether oxygens (including phenoxy) is 2. The first-order chi connectivity index (χ1) is 17.7. The number of urea groups is 1. The third-order valence-corrected chi connectivity index (χ3v) is 5.42. The molecule has 4 rings (SSSR count). The zero-order chi connectivity index (χ0) is 26.5. The predicted octanol–water partition coefficient (Wildman–Crippen LogP) is 3.41. The van der Waals surface area contributed by atoms with Crippen molar-refractivity contribution in [3.05, 3.63) is 82.9 Å². The minimum Gasteiger partial charge on any atom is -0.493 e. The fourth-order valence-electron chi connectivity index (χ4n) is 3.54. The second-order valence-corrected chi connectivity index (χ2v) is 8.01. The first kappa shape index (κ1) is 25.0. The van der Waals surface area contributed by atoms with Crippen molar-refractivity contribution >= 4 is 35.6 Å². The van der Waals surface area contributed by atoms with Crippen LogP contribution in [-0.2, 0) is 16.2 Å². The standard InChI is InChI=1S/C26H23N3O8/c1-15-5-3-4-6-18(15)27-23(30)13-29-24(31)19(28-26(29)34)11-16-7-9-20(22(12-16)35-2)36-14-17-8-10-21(37-17)25(32)33/h3-12H,13-14H2,1-2H3,(H,27,30)(H,28,34)(H,32,33)/b19-11-. The summed E-state index contributed by atoms with van der Waals surface area (Å²) in [6.45, 7) is 1.36. The highest BCUT2D eigenvalue weighted by atomic mass is 16.5. The van der Waals surface area contributed by atoms with Crippen LogP contribution in [-0.4, -0.2) is 47.5 Å². The molecule has 2 aromatic carbocycles. The number of aromatic carboxylic acids is 1. The van der Waals surface area contributed by atoms with Gasteiger partial charge in [-0.1, -0.05) is 24.3 Å². The molecular weight excluding hydrogens is 482 g/mol. The average Bonchev–Trinajstić information content (AvgIpc) is 3.45. The largest absolute Gasteiger partial charge is 0.493 e. The maximum absolute atomic E-state index is 12.8. The molecule has 1 saturated heterocycles. The van der Waals surface area contributed by atoms with Gasteiger partial charge in [0.05, 0.1) is 7.11 Å². The van der Waals surface area contributed by atoms with Crippen molar-refractivity contribution < 1.29 is 38.2 Å². The summed E-state index contributed by atoms with van der Waals surface area (Å²) in [7, 11) is 1.44. The number of amides is 4. The number of furan rings is 1. The maximum Gasteiger partial charge on any atom is 0.371 e. The summed E-state index contributed by atoms with van der Waals surface area (Å²) in [6.07, 6.45) is 1.46. The topological polar surface area (TPSA) is 147 Å². The number of nitrogens with one attached hydrogen (secondary N) is 2. The normalized spacial score (nSPS) is 14.0. The molecular formula is C26H23N3O8. The molecule has 0 unspecified atom stereocenters. The van der Waals surface area contributed by atoms with Gasteiger partial charge in [-0.15, -0.1) is 0 Å². The molecule has 11 nitrogen and oxygen atoms in total. The van der Waals surface area contributed by atoms with Gasteiger partial charge in [-0.05, 0) is 54.5 Å². The molecule has 0 atom stereocenters. The summed E-state index contributed by atoms with van der Waals surface area (Å²) >= 11 is 0. The van der Waals surface area contributed by atoms with Gasteiger partial charge < -0.3 is 29.6 Å². The van der Waals surface area contributed by atoms with E-state index in [9.17, 15) is 19.2 Å². The molecule has 4 amide bonds. The van der Waals surface area contributed by atoms with Crippen LogP contribution < -0.4 is 20.1 Å². The number of rotatable bonds is 9. The molecule has 1 aliphatic rings. The molecule has 0 bridgehead atoms. The average molecular weight is 505 g/mol. The second kappa shape index (κ2) is 10.7. The monoisotopic (exact) mass is 505 g/mol. The summed E-state index contributed by atoms with van der Waals surface area (Å²) in [5.41, 5.74) is 1.98. The zero-order valence-corrected chi connectivity index (χ0v) is 19.9. The molecule has 3 N–H and O–H groups in total. The smallest absolute Gasteiger partial charge is 0.371 e. The zero-order valence-electron chi connectivity index (χ0n) is 19.9. The number of carbonyl (C=O) groups is 4. The molecule has 2 heterocycles. The molecule has 3 aromatic rings. The van der Waals surface area contributed by atoms with Crippen LogP contribution in [0.1, 0.15) is 27.4 Å². The van der Waals surface area contributed by atoms with Crippen molar-refractivity contribution in [3.63, 3.8) is 0 Å². The summed E-state index contributed by atoms with van der Waals surface area (Å²) < 4.78 is 16.2. The molecule has 1 aromatic heterocycles. The van der Waals surface area contributed by atoms with Crippen LogP contribution in [0, 0.1) is 6.92 Å². The van der Waals surface area contributed by atoms with E-state index in [2.05, 4.69) is 10.6 Å². The Balaban J connectivity index is 1.42. The fourth-order valence-corrected chi connectivity index (χ4v) is 3.54. The fraction of sp³-hybridized carbons (Fsp3) is 0.154. The first-order valence-corrected chi connectivity index (χ1v) is 11.1. The summed E-state index contributed by atoms with van der Waals surface area (Å²) in [5, 5.41) is 14.1. The summed E-state index contributed by atoms with van der Waals surface area (Å²) in [6, 6.07) is 14.1. The highest BCUT2D eigenvalue weighted by molar-refractivity contribution is 6.16. The van der Waals surface area contributed by atoms with Gasteiger partial charge in [-0.3, -0.25) is 9.59 Å². The van der Waals surface area contributed by atoms with Gasteiger partial charge in [0, 0.05) is 5.69 Å². The lowest BCUT2D eigenvalue weighted by molar-refractivity contribution is -0.127. The van der Waals surface area contributed by atoms with Crippen molar-refractivity contribution in [1.29, 1.82) is 0 Å². The number of nitrogens with zero attached hydrogens (tertiary/aromatic N) is 1. The third kappa shape index (κ3) is 5.78. The van der Waals surface area contributed by atoms with Gasteiger partial charge in [0.2, 0.25) is 11.7 Å². The van der Waals surface area contributed by atoms with Crippen LogP contribution >= 0.6 is 0 Å². The van der Waals surface area contributed by atoms with E-state index in [1.54, 1.807) is 30.3 Å². The van der Waals surface area contributed by atoms with Crippen LogP contribution in [0.2, 0.25) is 0 Å². The number of methoxy groups -OCH3 is 1. The van der Waals surface area contributed by atoms with Gasteiger partial charge in [0.15, 0.2) is 11.5 Å². The molecule has 0 aliphatic carbocycles. The minimum atomic E-state index is -1.18. The highest BCUT2D eigenvalue weighted by Crippen LogP contribution is 2.30. The van der Waals surface area contributed by atoms with E-state index in [1.165, 1.54) is 25.3 Å². The lowest BCUT2D eigenvalue weighted by atomic mass is 10.1. The van der Waals surface area contributed by atoms with Crippen LogP contribution in [0.15, 0.2) is 64.7 Å². The van der Waals surface area contributed by atoms with Gasteiger partial charge in [-0.2, -0.15) is 0 Å². The SMILES string of the molecule is COc1cc(/C=C2\NC(=O)N(CC(=O)Nc3ccccc3C)C2=O)ccc1OCc1ccc(C(=O)O)o1. The molecule has 11 heteroatoms. The Kier molecular flexibility index (Phi) is 7.23. The number of aryl methyl sites for hydroxylation is 1. The van der Waals surface area contributed by atoms with Crippen LogP contribution in [0.4, 0.5) is 10.5 Å². The minimum absolute atomic E-state index is 0.00111. The quantitative estimate of drug-likeness (QED) is 0.296. The van der Waals surface area contributed by atoms with Gasteiger partial charge in [0.25, 0.3) is 5.91 Å². The first-order valence-electron chi connectivity index (χ1n) is 11.1. The Hall–Kier alpha value is -5.06. The molecule has 37 heavy (non-hydrogen) atoms. The number of hydrogen-bond donors (Lipinski definition) is 3. The maximum atomic E-state index is 12.8. The number of carbonyl (C=O) groups excluding carboxylic acids is 3. The number of anilines is 1. The summed E-state index contributed by atoms with van der Waals surface area (Å²) in [5.74, 6) is -1.51. The highest BCUT2D eigenvalue weighted by Gasteiger charge is 2.35. The van der Waals surface area contributed by atoms with E-state index < -0.39 is 30.4 Å². The Morgan fingerprint density at radius 3 is 2.59 bits per heavy atom. The number of carboxylic acid groups (broad SMARTS) is 1. The van der Waals surface area contributed by atoms with E-state index in [0.29, 0.717) is 28.5 Å². The molecule has 0 spiro atoms. The van der Waals surface area contributed by atoms with Crippen molar-refractivity contribution in [1.82, 2.24) is 10.2 Å². The lowest BCUT2D eigenvalue weighted by Crippen LogP contribution is -2.38. The molecule has 190 valence electrons. The van der Waals surface area contributed by atoms with Crippen LogP contribution in [0.5, 0.6) is 11.5 Å². The van der Waals surface area contributed by atoms with E-state index in [0.717, 1.165) is 10.5 Å². The predicted molar refractivity (Wildman–Crippen MR) is 131 cm³/mol. The third-order valence-electron chi connectivity index (χ3n) is 5.42. The van der Waals surface area contributed by atoms with Gasteiger partial charge in [0.1, 0.15) is 24.6 Å². The molecule has 0 saturated carbocycles. The molecule has 0 radical (unpaired) electrons. The number of para-hydroxylation sites is 1. The van der Waals surface area contributed by atoms with Crippen LogP contribution in [0.25, 0.3) is 6.08 Å². The lowest BCUT2D eigenvalue weighted by Gasteiger charge is -2.13. The summed E-state index contributed by atoms with van der Waals surface area (Å²) in [4.78, 5) is 49.3. The van der Waals surface area contributed by atoms with E-state index in [1.807, 2.05) is 19.1 Å². The van der Waals surface area contributed by atoms with E-state index in [-0.39, 0.29) is 18.1 Å². The van der Waals surface area contributed by atoms with Crippen molar-refractivity contribution in [2.75, 3.05) is 19.0 Å². The van der Waals surface area contributed by atoms with Crippen molar-refractivity contribution in [2.45, 2.75) is 13.5 Å². The number of carboxylic acids is 1. The Labute approximate surface area is 211 Å². The second-order valence-electron chi connectivity index (χ2n) is 8.01. The van der Waals surface area contributed by atoms with E-state index in [4.69, 9.17) is 19.0 Å². The Bertz CT molecular complexity index is 1410.